The predicted octanol–water partition coefficient (Wildman–Crippen LogP) is 5.54. The van der Waals surface area contributed by atoms with Gasteiger partial charge in [0.25, 0.3) is 0 Å². The average molecular weight is 574 g/mol. The van der Waals surface area contributed by atoms with Crippen molar-refractivity contribution in [2.24, 2.45) is 0 Å². The van der Waals surface area contributed by atoms with Crippen LogP contribution in [0.5, 0.6) is 0 Å². The lowest BCUT2D eigenvalue weighted by atomic mass is 9.99. The van der Waals surface area contributed by atoms with Crippen LogP contribution in [0.3, 0.4) is 0 Å². The second-order valence-corrected chi connectivity index (χ2v) is 10.2. The highest BCUT2D eigenvalue weighted by atomic mass is 127. The minimum Gasteiger partial charge on any atom is -0.365 e. The van der Waals surface area contributed by atoms with Gasteiger partial charge in [0.15, 0.2) is 5.65 Å². The molecule has 33 heavy (non-hydrogen) atoms. The van der Waals surface area contributed by atoms with Crippen LogP contribution in [0, 0.1) is 10.1 Å². The molecule has 170 valence electrons. The molecule has 0 spiro atoms. The van der Waals surface area contributed by atoms with Gasteiger partial charge < -0.3 is 9.80 Å². The van der Waals surface area contributed by atoms with Crippen LogP contribution in [0.1, 0.15) is 12.8 Å². The van der Waals surface area contributed by atoms with E-state index in [4.69, 9.17) is 0 Å². The van der Waals surface area contributed by atoms with Crippen molar-refractivity contribution in [2.75, 3.05) is 32.1 Å². The van der Waals surface area contributed by atoms with Gasteiger partial charge in [-0.25, -0.2) is 9.97 Å². The van der Waals surface area contributed by atoms with Crippen LogP contribution in [0.4, 0.5) is 11.4 Å². The summed E-state index contributed by atoms with van der Waals surface area (Å²) in [7, 11) is 5.66. The van der Waals surface area contributed by atoms with Crippen LogP contribution in [0.25, 0.3) is 33.1 Å². The number of pyridine rings is 2. The van der Waals surface area contributed by atoms with E-state index >= 15 is 0 Å². The molecule has 0 unspecified atom stereocenters. The summed E-state index contributed by atoms with van der Waals surface area (Å²) in [5.74, 6) is 0. The Morgan fingerprint density at radius 2 is 2.00 bits per heavy atom. The van der Waals surface area contributed by atoms with Crippen LogP contribution in [0.2, 0.25) is 0 Å². The van der Waals surface area contributed by atoms with E-state index in [0.717, 1.165) is 59.0 Å². The van der Waals surface area contributed by atoms with Crippen LogP contribution in [0.15, 0.2) is 48.9 Å². The number of rotatable bonds is 5. The van der Waals surface area contributed by atoms with Gasteiger partial charge in [0.1, 0.15) is 11.9 Å². The third kappa shape index (κ3) is 4.04. The summed E-state index contributed by atoms with van der Waals surface area (Å²) < 4.78 is 2.03. The van der Waals surface area contributed by atoms with E-state index in [0.29, 0.717) is 5.69 Å². The first-order valence-electron chi connectivity index (χ1n) is 10.7. The van der Waals surface area contributed by atoms with Gasteiger partial charge in [0.2, 0.25) is 0 Å². The fraction of sp³-hybridized carbons (Fsp3) is 0.304. The largest absolute Gasteiger partial charge is 0.365 e. The third-order valence-corrected chi connectivity index (χ3v) is 8.22. The van der Waals surface area contributed by atoms with Crippen molar-refractivity contribution in [1.29, 1.82) is 0 Å². The molecule has 0 bridgehead atoms. The van der Waals surface area contributed by atoms with Crippen molar-refractivity contribution in [2.45, 2.75) is 18.9 Å². The van der Waals surface area contributed by atoms with Gasteiger partial charge in [0, 0.05) is 72.1 Å². The van der Waals surface area contributed by atoms with Crippen LogP contribution in [-0.4, -0.2) is 57.0 Å². The van der Waals surface area contributed by atoms with Crippen molar-refractivity contribution in [3.63, 3.8) is 0 Å². The van der Waals surface area contributed by atoms with Crippen LogP contribution in [-0.2, 0) is 0 Å². The van der Waals surface area contributed by atoms with Gasteiger partial charge in [0.05, 0.1) is 10.4 Å². The number of hydrogen-bond donors (Lipinski definition) is 0. The van der Waals surface area contributed by atoms with Crippen molar-refractivity contribution in [3.05, 3.63) is 59.0 Å². The molecule has 5 rings (SSSR count). The molecular formula is C23H23IN6O2S. The molecule has 0 atom stereocenters. The van der Waals surface area contributed by atoms with Gasteiger partial charge in [-0.15, -0.1) is 0 Å². The van der Waals surface area contributed by atoms with Crippen LogP contribution >= 0.6 is 30.3 Å². The van der Waals surface area contributed by atoms with E-state index in [1.165, 1.54) is 6.20 Å². The Morgan fingerprint density at radius 1 is 1.21 bits per heavy atom. The summed E-state index contributed by atoms with van der Waals surface area (Å²) in [5.41, 5.74) is 4.38. The Bertz CT molecular complexity index is 1350. The van der Waals surface area contributed by atoms with Crippen molar-refractivity contribution in [3.8, 4) is 11.1 Å². The van der Waals surface area contributed by atoms with Gasteiger partial charge in [-0.05, 0) is 62.8 Å². The minimum atomic E-state index is -0.317. The number of hydrogen-bond acceptors (Lipinski definition) is 7. The molecule has 0 radical (unpaired) electrons. The normalized spacial score (nSPS) is 15.4. The van der Waals surface area contributed by atoms with Crippen molar-refractivity contribution < 1.29 is 4.92 Å². The van der Waals surface area contributed by atoms with Gasteiger partial charge in [-0.2, -0.15) is 0 Å². The highest BCUT2D eigenvalue weighted by molar-refractivity contribution is 14.2. The molecule has 1 aliphatic rings. The maximum atomic E-state index is 12.0. The number of piperidine rings is 1. The lowest BCUT2D eigenvalue weighted by molar-refractivity contribution is -0.384. The summed E-state index contributed by atoms with van der Waals surface area (Å²) >= 11 is 2.24. The SMILES string of the molecule is CN1CCC(N(C)c2c([N+](=O)[O-])cnc3ccc(-c4cn(SI)c5ncccc45)cc23)CC1. The Labute approximate surface area is 207 Å². The zero-order valence-corrected chi connectivity index (χ0v) is 21.3. The summed E-state index contributed by atoms with van der Waals surface area (Å²) in [6, 6.07) is 10.3. The minimum absolute atomic E-state index is 0.0491. The number of nitrogens with zero attached hydrogens (tertiary/aromatic N) is 6. The molecule has 0 saturated carbocycles. The second kappa shape index (κ2) is 9.07. The summed E-state index contributed by atoms with van der Waals surface area (Å²) in [5, 5.41) is 13.8. The highest BCUT2D eigenvalue weighted by Crippen LogP contribution is 2.40. The van der Waals surface area contributed by atoms with Crippen molar-refractivity contribution in [1.82, 2.24) is 18.8 Å². The lowest BCUT2D eigenvalue weighted by Crippen LogP contribution is -2.42. The Kier molecular flexibility index (Phi) is 6.14. The number of benzene rings is 1. The zero-order valence-electron chi connectivity index (χ0n) is 18.3. The van der Waals surface area contributed by atoms with E-state index in [1.54, 1.807) is 15.3 Å². The highest BCUT2D eigenvalue weighted by Gasteiger charge is 2.28. The molecule has 0 aliphatic carbocycles. The number of aromatic nitrogens is 3. The molecule has 1 aromatic carbocycles. The standard InChI is InChI=1S/C23H23IN6O2S/c1-27-10-7-16(8-11-27)28(2)22-18-12-15(5-6-20(18)26-13-21(22)30(31)32)19-14-29(33-24)23-17(19)4-3-9-25-23/h3-6,9,12-14,16H,7-8,10-11H2,1-2H3. The molecule has 4 aromatic rings. The molecule has 3 aromatic heterocycles. The first-order chi connectivity index (χ1) is 16.0. The van der Waals surface area contributed by atoms with Gasteiger partial charge in [-0.3, -0.25) is 14.1 Å². The zero-order chi connectivity index (χ0) is 23.1. The molecule has 1 fully saturated rings. The maximum Gasteiger partial charge on any atom is 0.311 e. The molecule has 0 N–H and O–H groups in total. The smallest absolute Gasteiger partial charge is 0.311 e. The molecule has 1 aliphatic heterocycles. The predicted molar refractivity (Wildman–Crippen MR) is 143 cm³/mol. The van der Waals surface area contributed by atoms with E-state index < -0.39 is 0 Å². The molecular weight excluding hydrogens is 551 g/mol. The lowest BCUT2D eigenvalue weighted by Gasteiger charge is -2.36. The second-order valence-electron chi connectivity index (χ2n) is 8.44. The molecule has 1 saturated heterocycles. The topological polar surface area (TPSA) is 80.3 Å². The van der Waals surface area contributed by atoms with Gasteiger partial charge >= 0.3 is 5.69 Å². The number of anilines is 1. The first kappa shape index (κ1) is 22.4. The molecule has 10 heteroatoms. The van der Waals surface area contributed by atoms with Crippen LogP contribution < -0.4 is 4.90 Å². The molecule has 0 amide bonds. The molecule has 8 nitrogen and oxygen atoms in total. The van der Waals surface area contributed by atoms with E-state index in [1.807, 2.05) is 35.3 Å². The fourth-order valence-corrected chi connectivity index (χ4v) is 5.98. The number of halogens is 1. The summed E-state index contributed by atoms with van der Waals surface area (Å²) in [4.78, 5) is 25.0. The molecule has 4 heterocycles. The number of likely N-dealkylation sites (tertiary alicyclic amines) is 1. The number of fused-ring (bicyclic) bond motifs is 2. The monoisotopic (exact) mass is 574 g/mol. The first-order valence-corrected chi connectivity index (χ1v) is 14.0. The summed E-state index contributed by atoms with van der Waals surface area (Å²) in [6.07, 6.45) is 7.20. The Balaban J connectivity index is 1.69. The summed E-state index contributed by atoms with van der Waals surface area (Å²) in [6.45, 7) is 1.97. The van der Waals surface area contributed by atoms with E-state index in [9.17, 15) is 10.1 Å². The third-order valence-electron chi connectivity index (χ3n) is 6.52. The average Bonchev–Trinajstić information content (AvgIpc) is 3.22. The quantitative estimate of drug-likeness (QED) is 0.176. The number of nitro groups is 1. The van der Waals surface area contributed by atoms with E-state index in [-0.39, 0.29) is 16.7 Å². The Morgan fingerprint density at radius 3 is 2.73 bits per heavy atom. The Hall–Kier alpha value is -2.44. The fourth-order valence-electron chi connectivity index (χ4n) is 4.72. The van der Waals surface area contributed by atoms with Crippen molar-refractivity contribution >= 4 is 63.6 Å². The maximum absolute atomic E-state index is 12.0. The van der Waals surface area contributed by atoms with E-state index in [2.05, 4.69) is 60.3 Å². The van der Waals surface area contributed by atoms with Gasteiger partial charge in [-0.1, -0.05) is 6.07 Å².